The summed E-state index contributed by atoms with van der Waals surface area (Å²) in [4.78, 5) is 31.8. The van der Waals surface area contributed by atoms with Crippen LogP contribution in [0.4, 0.5) is 5.69 Å². The van der Waals surface area contributed by atoms with E-state index in [0.717, 1.165) is 40.3 Å². The average Bonchev–Trinajstić information content (AvgIpc) is 3.46. The minimum Gasteiger partial charge on any atom is -0.478 e. The van der Waals surface area contributed by atoms with Gasteiger partial charge in [-0.3, -0.25) is 9.78 Å². The van der Waals surface area contributed by atoms with Crippen LogP contribution in [-0.2, 0) is 11.2 Å². The number of nitrogens with one attached hydrogen (secondary N) is 2. The number of pyridine rings is 1. The third kappa shape index (κ3) is 5.58. The first-order valence-corrected chi connectivity index (χ1v) is 14.1. The Kier molecular flexibility index (Phi) is 8.16. The van der Waals surface area contributed by atoms with Crippen LogP contribution < -0.4 is 10.6 Å². The van der Waals surface area contributed by atoms with Gasteiger partial charge < -0.3 is 25.2 Å². The van der Waals surface area contributed by atoms with Crippen LogP contribution in [0.15, 0.2) is 79.0 Å². The van der Waals surface area contributed by atoms with E-state index in [9.17, 15) is 14.7 Å². The molecule has 1 fully saturated rings. The van der Waals surface area contributed by atoms with Gasteiger partial charge >= 0.3 is 5.97 Å². The molecule has 3 heterocycles. The number of carbonyl (C=O) groups excluding carboxylic acids is 1. The van der Waals surface area contributed by atoms with Crippen LogP contribution in [0.1, 0.15) is 64.0 Å². The summed E-state index contributed by atoms with van der Waals surface area (Å²) in [5.41, 5.74) is 6.36. The average molecular weight is 568 g/mol. The zero-order valence-electron chi connectivity index (χ0n) is 23.3. The van der Waals surface area contributed by atoms with Crippen molar-refractivity contribution in [3.63, 3.8) is 0 Å². The minimum atomic E-state index is -0.984. The number of carboxylic acid groups (broad SMARTS) is 1. The number of aromatic nitrogens is 2. The second kappa shape index (κ2) is 11.9. The van der Waals surface area contributed by atoms with Gasteiger partial charge in [-0.05, 0) is 80.0 Å². The van der Waals surface area contributed by atoms with Crippen molar-refractivity contribution >= 4 is 34.9 Å². The lowest BCUT2D eigenvalue weighted by Gasteiger charge is -2.28. The van der Waals surface area contributed by atoms with Crippen LogP contribution in [0.3, 0.4) is 0 Å². The normalized spacial score (nSPS) is 16.5. The Morgan fingerprint density at radius 1 is 1.05 bits per heavy atom. The summed E-state index contributed by atoms with van der Waals surface area (Å²) in [5.74, 6) is -1.07. The molecule has 8 nitrogen and oxygen atoms in total. The van der Waals surface area contributed by atoms with Crippen molar-refractivity contribution in [2.45, 2.75) is 45.7 Å². The van der Waals surface area contributed by atoms with Crippen molar-refractivity contribution in [1.82, 2.24) is 19.8 Å². The highest BCUT2D eigenvalue weighted by molar-refractivity contribution is 7.80. The van der Waals surface area contributed by atoms with Crippen LogP contribution in [0.5, 0.6) is 0 Å². The summed E-state index contributed by atoms with van der Waals surface area (Å²) in [6.45, 7) is 6.42. The van der Waals surface area contributed by atoms with Crippen LogP contribution in [-0.4, -0.2) is 43.1 Å². The number of aryl methyl sites for hydroxylation is 2. The van der Waals surface area contributed by atoms with Gasteiger partial charge in [-0.1, -0.05) is 43.3 Å². The van der Waals surface area contributed by atoms with E-state index in [1.807, 2.05) is 73.0 Å². The van der Waals surface area contributed by atoms with Crippen LogP contribution in [0, 0.1) is 13.8 Å². The third-order valence-corrected chi connectivity index (χ3v) is 7.97. The molecule has 1 amide bonds. The molecule has 41 heavy (non-hydrogen) atoms. The quantitative estimate of drug-likeness (QED) is 0.222. The molecule has 0 aliphatic carbocycles. The van der Waals surface area contributed by atoms with Gasteiger partial charge in [0.1, 0.15) is 0 Å². The van der Waals surface area contributed by atoms with Crippen LogP contribution >= 0.6 is 12.2 Å². The number of nitrogens with zero attached hydrogens (tertiary/aromatic N) is 3. The molecule has 2 aromatic carbocycles. The Balaban J connectivity index is 1.50. The second-order valence-corrected chi connectivity index (χ2v) is 10.5. The lowest BCUT2D eigenvalue weighted by molar-refractivity contribution is -0.116. The van der Waals surface area contributed by atoms with E-state index < -0.39 is 5.97 Å². The largest absolute Gasteiger partial charge is 0.478 e. The number of aromatic carboxylic acids is 1. The fourth-order valence-corrected chi connectivity index (χ4v) is 6.01. The molecule has 2 unspecified atom stereocenters. The number of rotatable bonds is 9. The van der Waals surface area contributed by atoms with Gasteiger partial charge in [0.25, 0.3) is 0 Å². The van der Waals surface area contributed by atoms with Crippen molar-refractivity contribution in [1.29, 1.82) is 0 Å². The van der Waals surface area contributed by atoms with E-state index in [2.05, 4.69) is 33.5 Å². The first-order chi connectivity index (χ1) is 19.8. The van der Waals surface area contributed by atoms with Crippen LogP contribution in [0.25, 0.3) is 5.69 Å². The monoisotopic (exact) mass is 567 g/mol. The maximum absolute atomic E-state index is 13.1. The summed E-state index contributed by atoms with van der Waals surface area (Å²) in [6, 6.07) is 22.2. The molecular weight excluding hydrogens is 534 g/mol. The van der Waals surface area contributed by atoms with E-state index in [1.165, 1.54) is 0 Å². The summed E-state index contributed by atoms with van der Waals surface area (Å²) in [5, 5.41) is 16.9. The number of hydrogen-bond donors (Lipinski definition) is 3. The van der Waals surface area contributed by atoms with E-state index >= 15 is 0 Å². The highest BCUT2D eigenvalue weighted by Gasteiger charge is 2.41. The van der Waals surface area contributed by atoms with Gasteiger partial charge in [0, 0.05) is 36.2 Å². The van der Waals surface area contributed by atoms with E-state index in [1.54, 1.807) is 18.3 Å². The molecule has 9 heteroatoms. The van der Waals surface area contributed by atoms with Gasteiger partial charge in [-0.2, -0.15) is 0 Å². The fraction of sp³-hybridized carbons (Fsp3) is 0.250. The van der Waals surface area contributed by atoms with Gasteiger partial charge in [0.05, 0.1) is 29.0 Å². The van der Waals surface area contributed by atoms with E-state index in [-0.39, 0.29) is 30.0 Å². The first kappa shape index (κ1) is 28.0. The van der Waals surface area contributed by atoms with E-state index in [0.29, 0.717) is 17.3 Å². The van der Waals surface area contributed by atoms with Crippen molar-refractivity contribution in [3.8, 4) is 5.69 Å². The molecule has 0 bridgehead atoms. The molecule has 1 saturated heterocycles. The summed E-state index contributed by atoms with van der Waals surface area (Å²) >= 11 is 5.82. The SMILES string of the molecule is CCc1ccccc1NC(=O)CCN1C(=S)NC(c2ccccn2)C1c1cc(C)n(-c2ccccc2C(=O)O)c1C. The zero-order chi connectivity index (χ0) is 29.1. The molecule has 2 aromatic heterocycles. The Morgan fingerprint density at radius 3 is 2.51 bits per heavy atom. The van der Waals surface area contributed by atoms with E-state index in [4.69, 9.17) is 12.2 Å². The summed E-state index contributed by atoms with van der Waals surface area (Å²) < 4.78 is 1.97. The number of benzene rings is 2. The van der Waals surface area contributed by atoms with Crippen molar-refractivity contribution < 1.29 is 14.7 Å². The van der Waals surface area contributed by atoms with Crippen LogP contribution in [0.2, 0.25) is 0 Å². The van der Waals surface area contributed by atoms with Gasteiger partial charge in [0.2, 0.25) is 5.91 Å². The zero-order valence-corrected chi connectivity index (χ0v) is 24.1. The number of hydrogen-bond acceptors (Lipinski definition) is 4. The highest BCUT2D eigenvalue weighted by atomic mass is 32.1. The fourth-order valence-electron chi connectivity index (χ4n) is 5.68. The van der Waals surface area contributed by atoms with Crippen molar-refractivity contribution in [2.75, 3.05) is 11.9 Å². The lowest BCUT2D eigenvalue weighted by atomic mass is 9.96. The Morgan fingerprint density at radius 2 is 1.78 bits per heavy atom. The van der Waals surface area contributed by atoms with Crippen molar-refractivity contribution in [3.05, 3.63) is 113 Å². The highest BCUT2D eigenvalue weighted by Crippen LogP contribution is 2.41. The molecule has 0 saturated carbocycles. The maximum Gasteiger partial charge on any atom is 0.337 e. The number of carbonyl (C=O) groups is 2. The van der Waals surface area contributed by atoms with Crippen molar-refractivity contribution in [2.24, 2.45) is 0 Å². The number of para-hydroxylation sites is 2. The minimum absolute atomic E-state index is 0.0883. The molecule has 3 N–H and O–H groups in total. The predicted octanol–water partition coefficient (Wildman–Crippen LogP) is 5.75. The molecule has 1 aliphatic heterocycles. The third-order valence-electron chi connectivity index (χ3n) is 7.61. The first-order valence-electron chi connectivity index (χ1n) is 13.7. The topological polar surface area (TPSA) is 99.5 Å². The van der Waals surface area contributed by atoms with Gasteiger partial charge in [0.15, 0.2) is 5.11 Å². The number of thiocarbonyl (C=S) groups is 1. The summed E-state index contributed by atoms with van der Waals surface area (Å²) in [6.07, 6.45) is 2.82. The molecule has 210 valence electrons. The molecule has 0 spiro atoms. The predicted molar refractivity (Wildman–Crippen MR) is 163 cm³/mol. The molecule has 2 atom stereocenters. The Labute approximate surface area is 245 Å². The Hall–Kier alpha value is -4.50. The molecule has 1 aliphatic rings. The lowest BCUT2D eigenvalue weighted by Crippen LogP contribution is -2.33. The Bertz CT molecular complexity index is 1600. The molecule has 0 radical (unpaired) electrons. The smallest absolute Gasteiger partial charge is 0.337 e. The number of carboxylic acids is 1. The number of anilines is 1. The maximum atomic E-state index is 13.1. The molecular formula is C32H33N5O3S. The standard InChI is InChI=1S/C32H33N5O3S/c1-4-22-11-5-7-13-25(22)34-28(38)16-18-36-30(29(35-32(36)41)26-14-9-10-17-33-26)24-19-20(2)37(21(24)3)27-15-8-6-12-23(27)31(39)40/h5-15,17,19,29-30H,4,16,18H2,1-3H3,(H,34,38)(H,35,41)(H,39,40). The second-order valence-electron chi connectivity index (χ2n) is 10.1. The van der Waals surface area contributed by atoms with Gasteiger partial charge in [-0.25, -0.2) is 4.79 Å². The van der Waals surface area contributed by atoms with Gasteiger partial charge in [-0.15, -0.1) is 0 Å². The summed E-state index contributed by atoms with van der Waals surface area (Å²) in [7, 11) is 0. The molecule has 5 rings (SSSR count). The molecule has 4 aromatic rings. The number of amides is 1.